The number of nitrogens with one attached hydrogen (secondary N) is 1. The predicted octanol–water partition coefficient (Wildman–Crippen LogP) is 2.60. The van der Waals surface area contributed by atoms with Crippen LogP contribution in [0.2, 0.25) is 0 Å². The second-order valence-electron chi connectivity index (χ2n) is 8.39. The van der Waals surface area contributed by atoms with Crippen LogP contribution in [0.3, 0.4) is 0 Å². The van der Waals surface area contributed by atoms with Crippen molar-refractivity contribution < 1.29 is 37.5 Å². The number of nitrogen functional groups attached to an aromatic ring is 1. The average Bonchev–Trinajstić information content (AvgIpc) is 3.37. The van der Waals surface area contributed by atoms with Gasteiger partial charge in [0.15, 0.2) is 33.7 Å². The number of nitrogens with zero attached hydrogens (tertiary/aromatic N) is 3. The van der Waals surface area contributed by atoms with Crippen LogP contribution in [0.4, 0.5) is 18.3 Å². The zero-order valence-corrected chi connectivity index (χ0v) is 23.7. The van der Waals surface area contributed by atoms with E-state index in [-0.39, 0.29) is 48.0 Å². The van der Waals surface area contributed by atoms with Gasteiger partial charge in [-0.05, 0) is 11.6 Å². The summed E-state index contributed by atoms with van der Waals surface area (Å²) in [6.45, 7) is 0. The van der Waals surface area contributed by atoms with Crippen LogP contribution in [-0.2, 0) is 19.2 Å². The highest BCUT2D eigenvalue weighted by Gasteiger charge is 2.54. The maximum absolute atomic E-state index is 14.3. The number of oxime groups is 1. The number of nitrogens with two attached hydrogens (primary N) is 1. The van der Waals surface area contributed by atoms with E-state index in [0.717, 1.165) is 45.4 Å². The number of thiazole rings is 1. The first-order valence-electron chi connectivity index (χ1n) is 11.3. The first-order chi connectivity index (χ1) is 19.5. The second kappa shape index (κ2) is 11.3. The van der Waals surface area contributed by atoms with E-state index < -0.39 is 52.1 Å². The van der Waals surface area contributed by atoms with Crippen molar-refractivity contribution in [1.29, 1.82) is 0 Å². The molecule has 3 aromatic rings. The molecule has 0 unspecified atom stereocenters. The molecule has 0 bridgehead atoms. The van der Waals surface area contributed by atoms with Gasteiger partial charge < -0.3 is 21.0 Å². The maximum Gasteiger partial charge on any atom is 0.352 e. The van der Waals surface area contributed by atoms with Crippen molar-refractivity contribution in [2.45, 2.75) is 15.6 Å². The Kier molecular flexibility index (Phi) is 8.00. The molecule has 2 aromatic heterocycles. The highest BCUT2D eigenvalue weighted by molar-refractivity contribution is 8.02. The van der Waals surface area contributed by atoms with Gasteiger partial charge in [0.25, 0.3) is 11.8 Å². The van der Waals surface area contributed by atoms with Crippen LogP contribution in [0.15, 0.2) is 42.9 Å². The van der Waals surface area contributed by atoms with Gasteiger partial charge in [-0.15, -0.1) is 46.2 Å². The summed E-state index contributed by atoms with van der Waals surface area (Å²) in [4.78, 5) is 60.3. The normalized spacial score (nSPS) is 18.8. The molecule has 0 saturated carbocycles. The lowest BCUT2D eigenvalue weighted by Gasteiger charge is -2.49. The lowest BCUT2D eigenvalue weighted by molar-refractivity contribution is -0.150. The fourth-order valence-corrected chi connectivity index (χ4v) is 8.35. The van der Waals surface area contributed by atoms with Gasteiger partial charge in [-0.25, -0.2) is 22.9 Å². The SMILES string of the molecule is CO/N=C(\C(=O)N[C@@H]1C(=O)N2C(C(=O)O)=C(CSc3cc(=O)c4cc(F)c(F)c(F)c4s3)CS[C@H]12)c1csc(N)n1. The number of anilines is 1. The molecule has 2 amide bonds. The number of carboxylic acids is 1. The van der Waals surface area contributed by atoms with E-state index in [0.29, 0.717) is 11.6 Å². The molecule has 2 atom stereocenters. The van der Waals surface area contributed by atoms with Gasteiger partial charge in [-0.3, -0.25) is 19.3 Å². The van der Waals surface area contributed by atoms with Crippen molar-refractivity contribution in [2.24, 2.45) is 5.16 Å². The third-order valence-corrected chi connectivity index (χ3v) is 10.4. The van der Waals surface area contributed by atoms with E-state index >= 15 is 0 Å². The predicted molar refractivity (Wildman–Crippen MR) is 148 cm³/mol. The van der Waals surface area contributed by atoms with Crippen LogP contribution < -0.4 is 16.5 Å². The van der Waals surface area contributed by atoms with Gasteiger partial charge in [0.05, 0.1) is 8.91 Å². The Labute approximate surface area is 244 Å². The Bertz CT molecular complexity index is 1740. The number of β-lactam (4-membered cyclic amide) rings is 1. The number of benzene rings is 1. The van der Waals surface area contributed by atoms with Crippen LogP contribution in [-0.4, -0.2) is 68.5 Å². The van der Waals surface area contributed by atoms with Crippen LogP contribution in [0.1, 0.15) is 5.69 Å². The van der Waals surface area contributed by atoms with Crippen LogP contribution in [0.25, 0.3) is 10.1 Å². The molecular formula is C23H16F3N5O6S4. The highest BCUT2D eigenvalue weighted by Crippen LogP contribution is 2.42. The van der Waals surface area contributed by atoms with Crippen molar-refractivity contribution in [3.05, 3.63) is 62.2 Å². The molecule has 11 nitrogen and oxygen atoms in total. The number of carboxylic acid groups (broad SMARTS) is 1. The molecule has 0 radical (unpaired) electrons. The lowest BCUT2D eigenvalue weighted by atomic mass is 10.0. The zero-order chi connectivity index (χ0) is 29.6. The Morgan fingerprint density at radius 3 is 2.71 bits per heavy atom. The smallest absolute Gasteiger partial charge is 0.352 e. The Morgan fingerprint density at radius 2 is 2.05 bits per heavy atom. The van der Waals surface area contributed by atoms with Crippen molar-refractivity contribution in [2.75, 3.05) is 24.3 Å². The minimum atomic E-state index is -1.70. The second-order valence-corrected chi connectivity index (χ2v) is 12.7. The summed E-state index contributed by atoms with van der Waals surface area (Å²) in [5, 5.41) is 16.8. The van der Waals surface area contributed by atoms with E-state index in [2.05, 4.69) is 15.5 Å². The summed E-state index contributed by atoms with van der Waals surface area (Å²) < 4.78 is 41.5. The fourth-order valence-electron chi connectivity index (χ4n) is 4.10. The average molecular weight is 644 g/mol. The van der Waals surface area contributed by atoms with Gasteiger partial charge in [-0.1, -0.05) is 5.16 Å². The van der Waals surface area contributed by atoms with Gasteiger partial charge in [0.1, 0.15) is 29.9 Å². The number of halogens is 3. The third-order valence-electron chi connectivity index (χ3n) is 5.92. The first-order valence-corrected chi connectivity index (χ1v) is 15.0. The number of aromatic nitrogens is 1. The molecule has 2 aliphatic rings. The van der Waals surface area contributed by atoms with Gasteiger partial charge in [0, 0.05) is 28.3 Å². The minimum absolute atomic E-state index is 0.00476. The molecule has 18 heteroatoms. The first kappa shape index (κ1) is 28.9. The molecule has 41 heavy (non-hydrogen) atoms. The number of carbonyl (C=O) groups excluding carboxylic acids is 2. The summed E-state index contributed by atoms with van der Waals surface area (Å²) in [5.41, 5.74) is 4.89. The topological polar surface area (TPSA) is 164 Å². The summed E-state index contributed by atoms with van der Waals surface area (Å²) >= 11 is 4.00. The molecule has 1 aromatic carbocycles. The van der Waals surface area contributed by atoms with Gasteiger partial charge in [-0.2, -0.15) is 0 Å². The van der Waals surface area contributed by atoms with Gasteiger partial charge in [0.2, 0.25) is 0 Å². The molecule has 0 spiro atoms. The summed E-state index contributed by atoms with van der Waals surface area (Å²) in [7, 11) is 1.23. The highest BCUT2D eigenvalue weighted by atomic mass is 32.2. The maximum atomic E-state index is 14.3. The standard InChI is InChI=1S/C23H16F3N5O6S4/c1-37-30-15(10-6-40-23(27)28-10)19(33)29-16-20(34)31-17(22(35)36)7(5-39-21(16)31)4-38-12-3-11(32)8-2-9(24)13(25)14(26)18(8)41-12/h2-3,6,16,21H,4-5H2,1H3,(H2,27,28)(H,29,33)(H,35,36)/b30-15-/t16-,21-/m1/s1. The number of hydrogen-bond donors (Lipinski definition) is 3. The molecule has 4 N–H and O–H groups in total. The van der Waals surface area contributed by atoms with E-state index in [1.807, 2.05) is 0 Å². The van der Waals surface area contributed by atoms with Crippen molar-refractivity contribution >= 4 is 84.9 Å². The molecule has 0 aliphatic carbocycles. The number of rotatable bonds is 8. The molecule has 1 saturated heterocycles. The zero-order valence-electron chi connectivity index (χ0n) is 20.5. The fraction of sp³-hybridized carbons (Fsp3) is 0.217. The number of thioether (sulfide) groups is 2. The molecular weight excluding hydrogens is 628 g/mol. The monoisotopic (exact) mass is 643 g/mol. The minimum Gasteiger partial charge on any atom is -0.477 e. The molecule has 5 rings (SSSR count). The number of hydrogen-bond acceptors (Lipinski definition) is 12. The van der Waals surface area contributed by atoms with Crippen LogP contribution >= 0.6 is 46.2 Å². The molecule has 214 valence electrons. The number of amides is 2. The summed E-state index contributed by atoms with van der Waals surface area (Å²) in [5.74, 6) is -7.31. The number of carbonyl (C=O) groups is 3. The van der Waals surface area contributed by atoms with Crippen molar-refractivity contribution in [1.82, 2.24) is 15.2 Å². The van der Waals surface area contributed by atoms with E-state index in [1.54, 1.807) is 0 Å². The third kappa shape index (κ3) is 5.27. The van der Waals surface area contributed by atoms with Crippen molar-refractivity contribution in [3.63, 3.8) is 0 Å². The largest absolute Gasteiger partial charge is 0.477 e. The van der Waals surface area contributed by atoms with E-state index in [9.17, 15) is 37.5 Å². The van der Waals surface area contributed by atoms with E-state index in [4.69, 9.17) is 10.6 Å². The molecule has 1 fully saturated rings. The Hall–Kier alpha value is -3.61. The number of fused-ring (bicyclic) bond motifs is 2. The van der Waals surface area contributed by atoms with E-state index in [1.165, 1.54) is 24.3 Å². The van der Waals surface area contributed by atoms with Gasteiger partial charge >= 0.3 is 5.97 Å². The molecule has 2 aliphatic heterocycles. The number of aliphatic carboxylic acids is 1. The van der Waals surface area contributed by atoms with Crippen molar-refractivity contribution in [3.8, 4) is 0 Å². The Balaban J connectivity index is 1.35. The lowest BCUT2D eigenvalue weighted by Crippen LogP contribution is -2.71. The summed E-state index contributed by atoms with van der Waals surface area (Å²) in [6.07, 6.45) is 0. The molecule has 4 heterocycles. The quantitative estimate of drug-likeness (QED) is 0.109. The van der Waals surface area contributed by atoms with Crippen LogP contribution in [0, 0.1) is 17.5 Å². The Morgan fingerprint density at radius 1 is 1.29 bits per heavy atom. The summed E-state index contributed by atoms with van der Waals surface area (Å²) in [6, 6.07) is 0.701. The van der Waals surface area contributed by atoms with Crippen LogP contribution in [0.5, 0.6) is 0 Å².